The zero-order chi connectivity index (χ0) is 21.2. The molecular formula is C24H30ClN3O2S. The lowest BCUT2D eigenvalue weighted by atomic mass is 10.2. The Morgan fingerprint density at radius 2 is 1.61 bits per heavy atom. The van der Waals surface area contributed by atoms with E-state index in [4.69, 9.17) is 9.72 Å². The van der Waals surface area contributed by atoms with Gasteiger partial charge in [-0.15, -0.1) is 23.7 Å². The number of halogens is 1. The van der Waals surface area contributed by atoms with Gasteiger partial charge in [0.25, 0.3) is 5.91 Å². The van der Waals surface area contributed by atoms with Crippen LogP contribution in [0.3, 0.4) is 0 Å². The van der Waals surface area contributed by atoms with Crippen LogP contribution in [0.1, 0.15) is 20.3 Å². The van der Waals surface area contributed by atoms with Crippen LogP contribution < -0.4 is 9.64 Å². The van der Waals surface area contributed by atoms with E-state index in [-0.39, 0.29) is 24.9 Å². The fourth-order valence-corrected chi connectivity index (χ4v) is 4.07. The Morgan fingerprint density at radius 1 is 0.968 bits per heavy atom. The van der Waals surface area contributed by atoms with E-state index in [0.29, 0.717) is 12.3 Å². The quantitative estimate of drug-likeness (QED) is 0.386. The SMILES string of the molecule is CCN(CC)CCCN(C(=O)COc1ccccc1)c1nc(-c2ccccc2)cs1.Cl. The van der Waals surface area contributed by atoms with Gasteiger partial charge in [-0.1, -0.05) is 62.4 Å². The van der Waals surface area contributed by atoms with E-state index in [0.717, 1.165) is 42.4 Å². The molecule has 0 saturated heterocycles. The number of carbonyl (C=O) groups excluding carboxylic acids is 1. The number of anilines is 1. The van der Waals surface area contributed by atoms with Gasteiger partial charge in [-0.3, -0.25) is 9.69 Å². The number of thiazole rings is 1. The first-order valence-corrected chi connectivity index (χ1v) is 11.3. The molecule has 0 fully saturated rings. The van der Waals surface area contributed by atoms with Gasteiger partial charge in [-0.2, -0.15) is 0 Å². The number of hydrogen-bond donors (Lipinski definition) is 0. The number of rotatable bonds is 11. The topological polar surface area (TPSA) is 45.7 Å². The van der Waals surface area contributed by atoms with Crippen molar-refractivity contribution in [2.75, 3.05) is 37.7 Å². The maximum Gasteiger partial charge on any atom is 0.266 e. The fourth-order valence-electron chi connectivity index (χ4n) is 3.19. The molecule has 0 radical (unpaired) electrons. The molecule has 7 heteroatoms. The van der Waals surface area contributed by atoms with Crippen molar-refractivity contribution in [3.63, 3.8) is 0 Å². The van der Waals surface area contributed by atoms with Gasteiger partial charge < -0.3 is 9.64 Å². The molecule has 2 aromatic carbocycles. The molecular weight excluding hydrogens is 430 g/mol. The van der Waals surface area contributed by atoms with Crippen molar-refractivity contribution >= 4 is 34.8 Å². The molecule has 0 unspecified atom stereocenters. The molecule has 31 heavy (non-hydrogen) atoms. The zero-order valence-corrected chi connectivity index (χ0v) is 19.7. The summed E-state index contributed by atoms with van der Waals surface area (Å²) in [5.74, 6) is 0.616. The zero-order valence-electron chi connectivity index (χ0n) is 18.1. The number of aromatic nitrogens is 1. The molecule has 5 nitrogen and oxygen atoms in total. The molecule has 0 saturated carbocycles. The van der Waals surface area contributed by atoms with Crippen LogP contribution >= 0.6 is 23.7 Å². The van der Waals surface area contributed by atoms with Gasteiger partial charge in [-0.25, -0.2) is 4.98 Å². The largest absolute Gasteiger partial charge is 0.484 e. The summed E-state index contributed by atoms with van der Waals surface area (Å²) in [5, 5.41) is 2.72. The summed E-state index contributed by atoms with van der Waals surface area (Å²) >= 11 is 1.50. The van der Waals surface area contributed by atoms with Crippen molar-refractivity contribution in [3.8, 4) is 17.0 Å². The van der Waals surface area contributed by atoms with Crippen molar-refractivity contribution in [3.05, 3.63) is 66.0 Å². The lowest BCUT2D eigenvalue weighted by molar-refractivity contribution is -0.120. The Labute approximate surface area is 195 Å². The van der Waals surface area contributed by atoms with E-state index in [1.807, 2.05) is 66.0 Å². The maximum atomic E-state index is 13.0. The molecule has 0 aliphatic rings. The summed E-state index contributed by atoms with van der Waals surface area (Å²) < 4.78 is 5.71. The predicted octanol–water partition coefficient (Wildman–Crippen LogP) is 5.38. The van der Waals surface area contributed by atoms with Crippen LogP contribution in [0.4, 0.5) is 5.13 Å². The monoisotopic (exact) mass is 459 g/mol. The highest BCUT2D eigenvalue weighted by Gasteiger charge is 2.20. The van der Waals surface area contributed by atoms with Crippen molar-refractivity contribution in [2.24, 2.45) is 0 Å². The Bertz CT molecular complexity index is 901. The first-order chi connectivity index (χ1) is 14.7. The van der Waals surface area contributed by atoms with Gasteiger partial charge >= 0.3 is 0 Å². The third kappa shape index (κ3) is 7.35. The number of benzene rings is 2. The molecule has 3 rings (SSSR count). The second-order valence-electron chi connectivity index (χ2n) is 6.91. The number of para-hydroxylation sites is 1. The Hall–Kier alpha value is -2.41. The first kappa shape index (κ1) is 24.9. The standard InChI is InChI=1S/C24H29N3O2S.ClH/c1-3-26(4-2)16-11-17-27(23(28)18-29-21-14-9-6-10-15-21)24-25-22(19-30-24)20-12-7-5-8-13-20;/h5-10,12-15,19H,3-4,11,16-18H2,1-2H3;1H. The highest BCUT2D eigenvalue weighted by atomic mass is 35.5. The van der Waals surface area contributed by atoms with Crippen LogP contribution in [0.2, 0.25) is 0 Å². The molecule has 0 aliphatic carbocycles. The van der Waals surface area contributed by atoms with E-state index in [9.17, 15) is 4.79 Å². The number of nitrogens with zero attached hydrogens (tertiary/aromatic N) is 3. The maximum absolute atomic E-state index is 13.0. The molecule has 3 aromatic rings. The second kappa shape index (κ2) is 13.1. The number of ether oxygens (including phenoxy) is 1. The van der Waals surface area contributed by atoms with Gasteiger partial charge in [-0.05, 0) is 38.2 Å². The number of amides is 1. The van der Waals surface area contributed by atoms with Gasteiger partial charge in [0.15, 0.2) is 11.7 Å². The Balaban J connectivity index is 0.00000341. The molecule has 0 bridgehead atoms. The summed E-state index contributed by atoms with van der Waals surface area (Å²) in [6.07, 6.45) is 0.888. The second-order valence-corrected chi connectivity index (χ2v) is 7.75. The molecule has 1 amide bonds. The molecule has 0 atom stereocenters. The van der Waals surface area contributed by atoms with Crippen LogP contribution in [0.25, 0.3) is 11.3 Å². The van der Waals surface area contributed by atoms with E-state index in [2.05, 4.69) is 18.7 Å². The van der Waals surface area contributed by atoms with Crippen molar-refractivity contribution in [1.29, 1.82) is 0 Å². The summed E-state index contributed by atoms with van der Waals surface area (Å²) in [6.45, 7) is 7.91. The third-order valence-electron chi connectivity index (χ3n) is 4.95. The fraction of sp³-hybridized carbons (Fsp3) is 0.333. The molecule has 1 aromatic heterocycles. The van der Waals surface area contributed by atoms with E-state index in [1.165, 1.54) is 11.3 Å². The highest BCUT2D eigenvalue weighted by molar-refractivity contribution is 7.14. The summed E-state index contributed by atoms with van der Waals surface area (Å²) in [6, 6.07) is 19.5. The van der Waals surface area contributed by atoms with Crippen molar-refractivity contribution < 1.29 is 9.53 Å². The molecule has 0 N–H and O–H groups in total. The normalized spacial score (nSPS) is 10.5. The van der Waals surface area contributed by atoms with E-state index in [1.54, 1.807) is 4.90 Å². The van der Waals surface area contributed by atoms with Crippen molar-refractivity contribution in [2.45, 2.75) is 20.3 Å². The average molecular weight is 460 g/mol. The van der Waals surface area contributed by atoms with Crippen LogP contribution in [-0.4, -0.2) is 48.6 Å². The summed E-state index contributed by atoms with van der Waals surface area (Å²) in [4.78, 5) is 21.9. The minimum atomic E-state index is -0.0765. The van der Waals surface area contributed by atoms with E-state index < -0.39 is 0 Å². The van der Waals surface area contributed by atoms with Crippen LogP contribution in [0.5, 0.6) is 5.75 Å². The smallest absolute Gasteiger partial charge is 0.266 e. The van der Waals surface area contributed by atoms with E-state index >= 15 is 0 Å². The Kier molecular flexibility index (Phi) is 10.5. The average Bonchev–Trinajstić information content (AvgIpc) is 3.29. The number of hydrogen-bond acceptors (Lipinski definition) is 5. The third-order valence-corrected chi connectivity index (χ3v) is 5.81. The number of carbonyl (C=O) groups is 1. The lowest BCUT2D eigenvalue weighted by Gasteiger charge is -2.23. The van der Waals surface area contributed by atoms with Crippen LogP contribution in [0, 0.1) is 0 Å². The van der Waals surface area contributed by atoms with Gasteiger partial charge in [0, 0.05) is 17.5 Å². The molecule has 0 spiro atoms. The van der Waals surface area contributed by atoms with Gasteiger partial charge in [0.1, 0.15) is 5.75 Å². The predicted molar refractivity (Wildman–Crippen MR) is 131 cm³/mol. The first-order valence-electron chi connectivity index (χ1n) is 10.4. The molecule has 166 valence electrons. The Morgan fingerprint density at radius 3 is 2.26 bits per heavy atom. The molecule has 0 aliphatic heterocycles. The minimum Gasteiger partial charge on any atom is -0.484 e. The van der Waals surface area contributed by atoms with Crippen molar-refractivity contribution in [1.82, 2.24) is 9.88 Å². The van der Waals surface area contributed by atoms with Gasteiger partial charge in [0.2, 0.25) is 0 Å². The minimum absolute atomic E-state index is 0. The lowest BCUT2D eigenvalue weighted by Crippen LogP contribution is -2.37. The highest BCUT2D eigenvalue weighted by Crippen LogP contribution is 2.27. The van der Waals surface area contributed by atoms with Gasteiger partial charge in [0.05, 0.1) is 5.69 Å². The summed E-state index contributed by atoms with van der Waals surface area (Å²) in [5.41, 5.74) is 1.94. The summed E-state index contributed by atoms with van der Waals surface area (Å²) in [7, 11) is 0. The molecule has 1 heterocycles. The van der Waals surface area contributed by atoms with Crippen LogP contribution in [-0.2, 0) is 4.79 Å². The van der Waals surface area contributed by atoms with Crippen LogP contribution in [0.15, 0.2) is 66.0 Å².